The molecule has 1 nitrogen and oxygen atoms in total. The second-order valence-electron chi connectivity index (χ2n) is 2.19. The fourth-order valence-electron chi connectivity index (χ4n) is 0.591. The maximum Gasteiger partial charge on any atom is 0.00903 e. The zero-order valence-corrected chi connectivity index (χ0v) is 6.56. The van der Waals surface area contributed by atoms with E-state index in [2.05, 4.69) is 19.0 Å². The molecule has 0 aromatic carbocycles. The van der Waals surface area contributed by atoms with Crippen LogP contribution in [-0.2, 0) is 0 Å². The third-order valence-corrected chi connectivity index (χ3v) is 1.28. The van der Waals surface area contributed by atoms with E-state index in [9.17, 15) is 0 Å². The minimum absolute atomic E-state index is 0. The van der Waals surface area contributed by atoms with E-state index < -0.39 is 0 Å². The standard InChI is InChI=1S/C5H11N.BrH/c1-6(2)5-3-4-5;/h5H,3-4H2,1-2H3;1H. The SMILES string of the molecule is Br.CN(C)C1CC1. The summed E-state index contributed by atoms with van der Waals surface area (Å²) in [6, 6.07) is 0.935. The molecule has 1 rings (SSSR count). The molecule has 0 radical (unpaired) electrons. The predicted octanol–water partition coefficient (Wildman–Crippen LogP) is 1.29. The van der Waals surface area contributed by atoms with E-state index >= 15 is 0 Å². The third kappa shape index (κ3) is 2.29. The smallest absolute Gasteiger partial charge is 0.00903 e. The van der Waals surface area contributed by atoms with Gasteiger partial charge in [0.2, 0.25) is 0 Å². The van der Waals surface area contributed by atoms with Crippen LogP contribution in [0, 0.1) is 0 Å². The highest BCUT2D eigenvalue weighted by Crippen LogP contribution is 2.23. The summed E-state index contributed by atoms with van der Waals surface area (Å²) in [4.78, 5) is 2.28. The van der Waals surface area contributed by atoms with Crippen LogP contribution >= 0.6 is 17.0 Å². The second kappa shape index (κ2) is 2.68. The average molecular weight is 166 g/mol. The third-order valence-electron chi connectivity index (χ3n) is 1.28. The first-order chi connectivity index (χ1) is 2.80. The van der Waals surface area contributed by atoms with Crippen LogP contribution in [0.5, 0.6) is 0 Å². The van der Waals surface area contributed by atoms with Crippen LogP contribution < -0.4 is 0 Å². The van der Waals surface area contributed by atoms with Gasteiger partial charge in [-0.2, -0.15) is 0 Å². The van der Waals surface area contributed by atoms with Crippen LogP contribution in [0.25, 0.3) is 0 Å². The molecule has 0 aromatic heterocycles. The lowest BCUT2D eigenvalue weighted by Crippen LogP contribution is -2.12. The molecule has 0 atom stereocenters. The van der Waals surface area contributed by atoms with Crippen molar-refractivity contribution >= 4 is 17.0 Å². The summed E-state index contributed by atoms with van der Waals surface area (Å²) < 4.78 is 0. The number of hydrogen-bond acceptors (Lipinski definition) is 1. The highest BCUT2D eigenvalue weighted by molar-refractivity contribution is 8.93. The number of nitrogens with zero attached hydrogens (tertiary/aromatic N) is 1. The molecular formula is C5H12BrN. The van der Waals surface area contributed by atoms with Crippen LogP contribution in [-0.4, -0.2) is 25.0 Å². The van der Waals surface area contributed by atoms with Crippen molar-refractivity contribution in [2.45, 2.75) is 18.9 Å². The van der Waals surface area contributed by atoms with E-state index in [-0.39, 0.29) is 17.0 Å². The Labute approximate surface area is 55.5 Å². The summed E-state index contributed by atoms with van der Waals surface area (Å²) in [6.45, 7) is 0. The molecule has 44 valence electrons. The Bertz CT molecular complexity index is 50.0. The van der Waals surface area contributed by atoms with Crippen molar-refractivity contribution in [3.8, 4) is 0 Å². The minimum atomic E-state index is 0. The monoisotopic (exact) mass is 165 g/mol. The molecule has 7 heavy (non-hydrogen) atoms. The Morgan fingerprint density at radius 1 is 1.29 bits per heavy atom. The van der Waals surface area contributed by atoms with Gasteiger partial charge in [-0.05, 0) is 26.9 Å². The lowest BCUT2D eigenvalue weighted by Gasteiger charge is -2.03. The maximum absolute atomic E-state index is 2.28. The van der Waals surface area contributed by atoms with Crippen molar-refractivity contribution in [2.24, 2.45) is 0 Å². The molecule has 0 aliphatic heterocycles. The number of hydrogen-bond donors (Lipinski definition) is 0. The minimum Gasteiger partial charge on any atom is -0.306 e. The predicted molar refractivity (Wildman–Crippen MR) is 37.0 cm³/mol. The Morgan fingerprint density at radius 2 is 1.71 bits per heavy atom. The van der Waals surface area contributed by atoms with Gasteiger partial charge < -0.3 is 4.90 Å². The van der Waals surface area contributed by atoms with Gasteiger partial charge in [0, 0.05) is 6.04 Å². The van der Waals surface area contributed by atoms with E-state index in [1.165, 1.54) is 12.8 Å². The molecule has 0 aromatic rings. The number of rotatable bonds is 1. The first-order valence-corrected chi connectivity index (χ1v) is 2.47. The topological polar surface area (TPSA) is 3.24 Å². The Hall–Kier alpha value is 0.440. The van der Waals surface area contributed by atoms with Gasteiger partial charge in [0.15, 0.2) is 0 Å². The summed E-state index contributed by atoms with van der Waals surface area (Å²) in [5.74, 6) is 0. The van der Waals surface area contributed by atoms with Crippen molar-refractivity contribution in [3.05, 3.63) is 0 Å². The first-order valence-electron chi connectivity index (χ1n) is 2.47. The van der Waals surface area contributed by atoms with Gasteiger partial charge in [-0.3, -0.25) is 0 Å². The Kier molecular flexibility index (Phi) is 2.84. The lowest BCUT2D eigenvalue weighted by molar-refractivity contribution is 0.399. The van der Waals surface area contributed by atoms with Crippen LogP contribution in [0.1, 0.15) is 12.8 Å². The van der Waals surface area contributed by atoms with E-state index in [1.807, 2.05) is 0 Å². The second-order valence-corrected chi connectivity index (χ2v) is 2.19. The summed E-state index contributed by atoms with van der Waals surface area (Å²) in [5, 5.41) is 0. The summed E-state index contributed by atoms with van der Waals surface area (Å²) in [5.41, 5.74) is 0. The quantitative estimate of drug-likeness (QED) is 0.567. The Morgan fingerprint density at radius 3 is 1.71 bits per heavy atom. The highest BCUT2D eigenvalue weighted by atomic mass is 79.9. The average Bonchev–Trinajstić information content (AvgIpc) is 2.06. The van der Waals surface area contributed by atoms with Gasteiger partial charge in [-0.25, -0.2) is 0 Å². The Balaban J connectivity index is 0.000000360. The molecule has 0 amide bonds. The van der Waals surface area contributed by atoms with Crippen LogP contribution in [0.4, 0.5) is 0 Å². The van der Waals surface area contributed by atoms with Gasteiger partial charge in [-0.1, -0.05) is 0 Å². The molecule has 0 heterocycles. The molecule has 2 heteroatoms. The van der Waals surface area contributed by atoms with Crippen molar-refractivity contribution in [1.29, 1.82) is 0 Å². The summed E-state index contributed by atoms with van der Waals surface area (Å²) in [7, 11) is 4.27. The van der Waals surface area contributed by atoms with E-state index in [0.717, 1.165) is 6.04 Å². The fraction of sp³-hybridized carbons (Fsp3) is 1.00. The zero-order valence-electron chi connectivity index (χ0n) is 4.85. The van der Waals surface area contributed by atoms with Crippen LogP contribution in [0.3, 0.4) is 0 Å². The molecule has 0 saturated heterocycles. The van der Waals surface area contributed by atoms with Gasteiger partial charge in [0.25, 0.3) is 0 Å². The highest BCUT2D eigenvalue weighted by Gasteiger charge is 2.22. The molecule has 1 fully saturated rings. The fourth-order valence-corrected chi connectivity index (χ4v) is 0.591. The van der Waals surface area contributed by atoms with Gasteiger partial charge in [0.1, 0.15) is 0 Å². The molecule has 1 aliphatic carbocycles. The lowest BCUT2D eigenvalue weighted by atomic mass is 10.6. The summed E-state index contributed by atoms with van der Waals surface area (Å²) >= 11 is 0. The first kappa shape index (κ1) is 7.44. The largest absolute Gasteiger partial charge is 0.306 e. The molecular weight excluding hydrogens is 154 g/mol. The van der Waals surface area contributed by atoms with Crippen molar-refractivity contribution in [2.75, 3.05) is 14.1 Å². The van der Waals surface area contributed by atoms with Crippen molar-refractivity contribution in [1.82, 2.24) is 4.90 Å². The van der Waals surface area contributed by atoms with Crippen LogP contribution in [0.15, 0.2) is 0 Å². The van der Waals surface area contributed by atoms with Crippen LogP contribution in [0.2, 0.25) is 0 Å². The van der Waals surface area contributed by atoms with E-state index in [0.29, 0.717) is 0 Å². The molecule has 1 aliphatic rings. The number of halogens is 1. The molecule has 0 bridgehead atoms. The zero-order chi connectivity index (χ0) is 4.57. The van der Waals surface area contributed by atoms with Crippen molar-refractivity contribution < 1.29 is 0 Å². The van der Waals surface area contributed by atoms with Crippen molar-refractivity contribution in [3.63, 3.8) is 0 Å². The molecule has 1 saturated carbocycles. The van der Waals surface area contributed by atoms with Gasteiger partial charge in [0.05, 0.1) is 0 Å². The maximum atomic E-state index is 2.28. The molecule has 0 N–H and O–H groups in total. The molecule has 0 unspecified atom stereocenters. The normalized spacial score (nSPS) is 19.3. The van der Waals surface area contributed by atoms with E-state index in [4.69, 9.17) is 0 Å². The van der Waals surface area contributed by atoms with Gasteiger partial charge in [-0.15, -0.1) is 17.0 Å². The van der Waals surface area contributed by atoms with Gasteiger partial charge >= 0.3 is 0 Å². The molecule has 0 spiro atoms. The summed E-state index contributed by atoms with van der Waals surface area (Å²) in [6.07, 6.45) is 2.85. The van der Waals surface area contributed by atoms with E-state index in [1.54, 1.807) is 0 Å².